The molecule has 92 valence electrons. The van der Waals surface area contributed by atoms with Gasteiger partial charge in [-0.05, 0) is 31.6 Å². The molecule has 0 amide bonds. The number of allylic oxidation sites excluding steroid dienone is 1. The van der Waals surface area contributed by atoms with E-state index in [1.807, 2.05) is 13.8 Å². The number of esters is 1. The van der Waals surface area contributed by atoms with Crippen LogP contribution < -0.4 is 0 Å². The Balaban J connectivity index is 2.33. The summed E-state index contributed by atoms with van der Waals surface area (Å²) in [6.45, 7) is 5.49. The Kier molecular flexibility index (Phi) is 2.91. The maximum absolute atomic E-state index is 11.5. The van der Waals surface area contributed by atoms with Gasteiger partial charge in [0, 0.05) is 19.3 Å². The molecule has 4 nitrogen and oxygen atoms in total. The number of hydrogen-bond donors (Lipinski definition) is 0. The first-order valence-electron chi connectivity index (χ1n) is 5.66. The molecule has 0 spiro atoms. The number of hydrogen-bond acceptors (Lipinski definition) is 4. The number of carbonyl (C=O) groups is 2. The van der Waals surface area contributed by atoms with Gasteiger partial charge in [0.25, 0.3) is 0 Å². The Morgan fingerprint density at radius 3 is 2.94 bits per heavy atom. The van der Waals surface area contributed by atoms with Crippen molar-refractivity contribution in [3.8, 4) is 0 Å². The van der Waals surface area contributed by atoms with E-state index in [-0.39, 0.29) is 24.3 Å². The number of ether oxygens (including phenoxy) is 2. The Bertz CT molecular complexity index is 433. The second-order valence-corrected chi connectivity index (χ2v) is 4.73. The van der Waals surface area contributed by atoms with Crippen LogP contribution in [0.25, 0.3) is 0 Å². The number of rotatable bonds is 1. The van der Waals surface area contributed by atoms with E-state index in [2.05, 4.69) is 0 Å². The van der Waals surface area contributed by atoms with Crippen LogP contribution in [0.2, 0.25) is 0 Å². The highest BCUT2D eigenvalue weighted by Crippen LogP contribution is 2.40. The molecule has 2 aliphatic rings. The minimum absolute atomic E-state index is 0.0388. The summed E-state index contributed by atoms with van der Waals surface area (Å²) < 4.78 is 10.8. The summed E-state index contributed by atoms with van der Waals surface area (Å²) in [5, 5.41) is 0. The van der Waals surface area contributed by atoms with Crippen molar-refractivity contribution in [2.45, 2.75) is 32.8 Å². The van der Waals surface area contributed by atoms with Crippen molar-refractivity contribution in [1.29, 1.82) is 0 Å². The van der Waals surface area contributed by atoms with Crippen LogP contribution in [0.1, 0.15) is 27.2 Å². The Hall–Kier alpha value is -1.42. The lowest BCUT2D eigenvalue weighted by molar-refractivity contribution is -0.141. The molecule has 0 unspecified atom stereocenters. The van der Waals surface area contributed by atoms with Crippen molar-refractivity contribution < 1.29 is 19.1 Å². The van der Waals surface area contributed by atoms with Gasteiger partial charge in [0.05, 0.1) is 5.60 Å². The Labute approximate surface area is 100 Å². The van der Waals surface area contributed by atoms with Crippen molar-refractivity contribution in [1.82, 2.24) is 0 Å². The molecule has 1 aliphatic heterocycles. The van der Waals surface area contributed by atoms with Crippen LogP contribution >= 0.6 is 0 Å². The normalized spacial score (nSPS) is 32.4. The van der Waals surface area contributed by atoms with Gasteiger partial charge in [-0.1, -0.05) is 0 Å². The van der Waals surface area contributed by atoms with Gasteiger partial charge in [-0.25, -0.2) is 0 Å². The molecule has 0 bridgehead atoms. The van der Waals surface area contributed by atoms with Gasteiger partial charge < -0.3 is 9.47 Å². The van der Waals surface area contributed by atoms with E-state index in [1.165, 1.54) is 6.92 Å². The van der Waals surface area contributed by atoms with Crippen LogP contribution in [-0.4, -0.2) is 24.0 Å². The topological polar surface area (TPSA) is 52.6 Å². The van der Waals surface area contributed by atoms with Crippen molar-refractivity contribution >= 4 is 11.8 Å². The molecule has 4 heteroatoms. The summed E-state index contributed by atoms with van der Waals surface area (Å²) in [6.07, 6.45) is 3.78. The highest BCUT2D eigenvalue weighted by atomic mass is 16.6. The van der Waals surface area contributed by atoms with Gasteiger partial charge in [0.1, 0.15) is 12.4 Å². The van der Waals surface area contributed by atoms with Crippen molar-refractivity contribution in [3.63, 3.8) is 0 Å². The lowest BCUT2D eigenvalue weighted by atomic mass is 9.75. The lowest BCUT2D eigenvalue weighted by Crippen LogP contribution is -2.44. The molecule has 1 aliphatic carbocycles. The molecule has 0 radical (unpaired) electrons. The molecule has 1 heterocycles. The molecule has 0 saturated carbocycles. The predicted octanol–water partition coefficient (Wildman–Crippen LogP) is 1.76. The van der Waals surface area contributed by atoms with Crippen LogP contribution in [0.4, 0.5) is 0 Å². The zero-order chi connectivity index (χ0) is 12.6. The Morgan fingerprint density at radius 1 is 1.59 bits per heavy atom. The van der Waals surface area contributed by atoms with Crippen LogP contribution in [0, 0.1) is 5.92 Å². The molecular weight excluding hydrogens is 220 g/mol. The summed E-state index contributed by atoms with van der Waals surface area (Å²) in [7, 11) is 0. The SMILES string of the molecule is CC(=O)OC1=C(C)[C@H]2CC(=O)C=C[C@@]2(C)OC1. The minimum atomic E-state index is -0.457. The van der Waals surface area contributed by atoms with Gasteiger partial charge in [-0.2, -0.15) is 0 Å². The fourth-order valence-corrected chi connectivity index (χ4v) is 2.39. The van der Waals surface area contributed by atoms with E-state index < -0.39 is 5.60 Å². The quantitative estimate of drug-likeness (QED) is 0.651. The third-order valence-electron chi connectivity index (χ3n) is 3.44. The van der Waals surface area contributed by atoms with Crippen LogP contribution in [-0.2, 0) is 19.1 Å². The van der Waals surface area contributed by atoms with E-state index in [0.717, 1.165) is 5.57 Å². The van der Waals surface area contributed by atoms with E-state index in [0.29, 0.717) is 12.2 Å². The summed E-state index contributed by atoms with van der Waals surface area (Å²) >= 11 is 0. The third-order valence-corrected chi connectivity index (χ3v) is 3.44. The van der Waals surface area contributed by atoms with Crippen molar-refractivity contribution in [2.75, 3.05) is 6.61 Å². The second kappa shape index (κ2) is 4.11. The second-order valence-electron chi connectivity index (χ2n) is 4.73. The molecular formula is C13H16O4. The third kappa shape index (κ3) is 2.17. The monoisotopic (exact) mass is 236 g/mol. The standard InChI is InChI=1S/C13H16O4/c1-8-11-6-10(15)4-5-13(11,3)16-7-12(8)17-9(2)14/h4-5,11H,6-7H2,1-3H3/t11-,13-/m1/s1. The minimum Gasteiger partial charge on any atom is -0.429 e. The van der Waals surface area contributed by atoms with E-state index >= 15 is 0 Å². The maximum Gasteiger partial charge on any atom is 0.307 e. The van der Waals surface area contributed by atoms with Gasteiger partial charge in [0.2, 0.25) is 0 Å². The highest BCUT2D eigenvalue weighted by Gasteiger charge is 2.42. The van der Waals surface area contributed by atoms with Gasteiger partial charge in [0.15, 0.2) is 5.78 Å². The molecule has 2 rings (SSSR count). The lowest BCUT2D eigenvalue weighted by Gasteiger charge is -2.41. The molecule has 2 atom stereocenters. The summed E-state index contributed by atoms with van der Waals surface area (Å²) in [4.78, 5) is 22.4. The first kappa shape index (κ1) is 12.0. The van der Waals surface area contributed by atoms with E-state index in [9.17, 15) is 9.59 Å². The van der Waals surface area contributed by atoms with E-state index in [1.54, 1.807) is 12.2 Å². The number of ketones is 1. The average molecular weight is 236 g/mol. The smallest absolute Gasteiger partial charge is 0.307 e. The summed E-state index contributed by atoms with van der Waals surface area (Å²) in [5.74, 6) is 0.231. The van der Waals surface area contributed by atoms with Crippen LogP contribution in [0.15, 0.2) is 23.5 Å². The Morgan fingerprint density at radius 2 is 2.29 bits per heavy atom. The van der Waals surface area contributed by atoms with Crippen molar-refractivity contribution in [2.24, 2.45) is 5.92 Å². The fourth-order valence-electron chi connectivity index (χ4n) is 2.39. The molecule has 0 aromatic rings. The highest BCUT2D eigenvalue weighted by molar-refractivity contribution is 5.91. The molecule has 0 saturated heterocycles. The maximum atomic E-state index is 11.5. The first-order valence-corrected chi connectivity index (χ1v) is 5.66. The molecule has 0 aromatic carbocycles. The van der Waals surface area contributed by atoms with Crippen LogP contribution in [0.3, 0.4) is 0 Å². The summed E-state index contributed by atoms with van der Waals surface area (Å²) in [6, 6.07) is 0. The number of carbonyl (C=O) groups excluding carboxylic acids is 2. The van der Waals surface area contributed by atoms with Crippen LogP contribution in [0.5, 0.6) is 0 Å². The van der Waals surface area contributed by atoms with Gasteiger partial charge in [-0.15, -0.1) is 0 Å². The first-order chi connectivity index (χ1) is 7.92. The van der Waals surface area contributed by atoms with Gasteiger partial charge >= 0.3 is 5.97 Å². The predicted molar refractivity (Wildman–Crippen MR) is 61.1 cm³/mol. The average Bonchev–Trinajstić information content (AvgIpc) is 2.25. The largest absolute Gasteiger partial charge is 0.429 e. The zero-order valence-corrected chi connectivity index (χ0v) is 10.3. The van der Waals surface area contributed by atoms with Crippen molar-refractivity contribution in [3.05, 3.63) is 23.5 Å². The van der Waals surface area contributed by atoms with E-state index in [4.69, 9.17) is 9.47 Å². The number of fused-ring (bicyclic) bond motifs is 1. The molecule has 17 heavy (non-hydrogen) atoms. The summed E-state index contributed by atoms with van der Waals surface area (Å²) in [5.41, 5.74) is 0.480. The zero-order valence-electron chi connectivity index (χ0n) is 10.3. The molecule has 0 N–H and O–H groups in total. The fraction of sp³-hybridized carbons (Fsp3) is 0.538. The molecule has 0 fully saturated rings. The molecule has 0 aromatic heterocycles. The van der Waals surface area contributed by atoms with Gasteiger partial charge in [-0.3, -0.25) is 9.59 Å².